The fourth-order valence-corrected chi connectivity index (χ4v) is 6.35. The highest BCUT2D eigenvalue weighted by atomic mass is 35.5. The molecule has 2 aliphatic rings. The predicted molar refractivity (Wildman–Crippen MR) is 148 cm³/mol. The molecule has 1 aromatic carbocycles. The van der Waals surface area contributed by atoms with Crippen LogP contribution in [0.25, 0.3) is 10.8 Å². The first-order valence-electron chi connectivity index (χ1n) is 13.5. The van der Waals surface area contributed by atoms with Crippen molar-refractivity contribution < 1.29 is 32.3 Å². The zero-order chi connectivity index (χ0) is 31.4. The molecule has 1 aliphatic heterocycles. The zero-order valence-corrected chi connectivity index (χ0v) is 24.8. The van der Waals surface area contributed by atoms with Crippen LogP contribution in [0, 0.1) is 28.6 Å². The van der Waals surface area contributed by atoms with Gasteiger partial charge in [-0.1, -0.05) is 37.6 Å². The minimum atomic E-state index is -5.24. The number of benzene rings is 1. The Morgan fingerprint density at radius 1 is 1.19 bits per heavy atom. The van der Waals surface area contributed by atoms with Crippen molar-refractivity contribution in [3.05, 3.63) is 41.2 Å². The molecule has 0 bridgehead atoms. The number of piperidine rings is 1. The molecule has 2 heterocycles. The number of ether oxygens (including phenoxy) is 1. The summed E-state index contributed by atoms with van der Waals surface area (Å²) in [6.45, 7) is 10.4. The number of carbonyl (C=O) groups excluding carboxylic acids is 3. The molecule has 1 unspecified atom stereocenters. The number of pyridine rings is 1. The molecule has 1 saturated heterocycles. The maximum atomic E-state index is 13.9. The van der Waals surface area contributed by atoms with Crippen LogP contribution in [-0.4, -0.2) is 64.1 Å². The molecule has 3 amide bonds. The summed E-state index contributed by atoms with van der Waals surface area (Å²) in [5.74, 6) is -4.24. The minimum absolute atomic E-state index is 0.0914. The topological polar surface area (TPSA) is 124 Å². The van der Waals surface area contributed by atoms with Crippen molar-refractivity contribution in [1.29, 1.82) is 5.26 Å². The molecule has 4 rings (SSSR count). The molecule has 6 atom stereocenters. The van der Waals surface area contributed by atoms with Gasteiger partial charge in [-0.15, -0.1) is 0 Å². The van der Waals surface area contributed by atoms with E-state index in [9.17, 15) is 32.8 Å². The van der Waals surface area contributed by atoms with Gasteiger partial charge in [0.15, 0.2) is 0 Å². The molecule has 0 spiro atoms. The lowest BCUT2D eigenvalue weighted by Gasteiger charge is -2.36. The molecule has 42 heavy (non-hydrogen) atoms. The first-order chi connectivity index (χ1) is 19.4. The van der Waals surface area contributed by atoms with Gasteiger partial charge < -0.3 is 20.3 Å². The summed E-state index contributed by atoms with van der Waals surface area (Å²) in [6, 6.07) is 3.19. The monoisotopic (exact) mass is 607 g/mol. The van der Waals surface area contributed by atoms with Gasteiger partial charge in [0.2, 0.25) is 11.8 Å². The van der Waals surface area contributed by atoms with E-state index in [1.165, 1.54) is 18.0 Å². The number of fused-ring (bicyclic) bond motifs is 2. The highest BCUT2D eigenvalue weighted by Gasteiger charge is 2.69. The fraction of sp³-hybridized carbons (Fsp3) is 0.552. The van der Waals surface area contributed by atoms with Crippen LogP contribution in [0.5, 0.6) is 0 Å². The Kier molecular flexibility index (Phi) is 8.25. The summed E-state index contributed by atoms with van der Waals surface area (Å²) in [4.78, 5) is 45.0. The molecule has 2 fully saturated rings. The molecule has 226 valence electrons. The maximum absolute atomic E-state index is 13.9. The Morgan fingerprint density at radius 2 is 1.86 bits per heavy atom. The van der Waals surface area contributed by atoms with Gasteiger partial charge in [-0.25, -0.2) is 0 Å². The summed E-state index contributed by atoms with van der Waals surface area (Å²) in [7, 11) is 0. The SMILES string of the molecule is C[C@@H](OC(C)(C)C)[C@H](NC(=O)C(F)(F)F)C(=O)N1C[C@H]2[C@@H]([C@H]1C(=O)NC(C#N)c1cncc3cccc(Cl)c13)C2(C)C. The van der Waals surface area contributed by atoms with Crippen molar-refractivity contribution in [2.45, 2.75) is 77.5 Å². The van der Waals surface area contributed by atoms with Gasteiger partial charge in [-0.3, -0.25) is 19.4 Å². The number of hydrogen-bond acceptors (Lipinski definition) is 6. The van der Waals surface area contributed by atoms with Crippen LogP contribution in [0.1, 0.15) is 53.1 Å². The third-order valence-electron chi connectivity index (χ3n) is 8.07. The van der Waals surface area contributed by atoms with Crippen molar-refractivity contribution in [3.8, 4) is 6.07 Å². The summed E-state index contributed by atoms with van der Waals surface area (Å²) >= 11 is 6.41. The van der Waals surface area contributed by atoms with Gasteiger partial charge in [0, 0.05) is 40.3 Å². The van der Waals surface area contributed by atoms with E-state index in [0.29, 0.717) is 21.4 Å². The number of amides is 3. The number of nitrogens with one attached hydrogen (secondary N) is 2. The molecule has 1 aromatic heterocycles. The number of carbonyl (C=O) groups is 3. The van der Waals surface area contributed by atoms with Crippen LogP contribution in [0.15, 0.2) is 30.6 Å². The Labute approximate surface area is 246 Å². The molecular formula is C29H33ClF3N5O4. The van der Waals surface area contributed by atoms with E-state index in [-0.39, 0.29) is 23.8 Å². The maximum Gasteiger partial charge on any atom is 0.471 e. The number of alkyl halides is 3. The number of nitrogens with zero attached hydrogens (tertiary/aromatic N) is 3. The quantitative estimate of drug-likeness (QED) is 0.484. The van der Waals surface area contributed by atoms with Gasteiger partial charge >= 0.3 is 12.1 Å². The van der Waals surface area contributed by atoms with Gasteiger partial charge in [0.1, 0.15) is 18.1 Å². The second-order valence-corrected chi connectivity index (χ2v) is 12.8. The Bertz CT molecular complexity index is 1450. The van der Waals surface area contributed by atoms with Crippen LogP contribution < -0.4 is 10.6 Å². The van der Waals surface area contributed by atoms with Gasteiger partial charge in [0.05, 0.1) is 17.8 Å². The van der Waals surface area contributed by atoms with Gasteiger partial charge in [0.25, 0.3) is 0 Å². The summed E-state index contributed by atoms with van der Waals surface area (Å²) in [5, 5.41) is 16.1. The molecular weight excluding hydrogens is 575 g/mol. The molecule has 1 saturated carbocycles. The molecule has 1 aliphatic carbocycles. The van der Waals surface area contributed by atoms with E-state index in [0.717, 1.165) is 0 Å². The lowest BCUT2D eigenvalue weighted by Crippen LogP contribution is -2.61. The predicted octanol–water partition coefficient (Wildman–Crippen LogP) is 4.30. The van der Waals surface area contributed by atoms with Gasteiger partial charge in [-0.05, 0) is 51.0 Å². The largest absolute Gasteiger partial charge is 0.471 e. The van der Waals surface area contributed by atoms with Crippen LogP contribution in [0.3, 0.4) is 0 Å². The Morgan fingerprint density at radius 3 is 2.45 bits per heavy atom. The van der Waals surface area contributed by atoms with Crippen LogP contribution in [0.2, 0.25) is 5.02 Å². The molecule has 0 radical (unpaired) electrons. The molecule has 9 nitrogen and oxygen atoms in total. The molecule has 2 N–H and O–H groups in total. The van der Waals surface area contributed by atoms with Crippen molar-refractivity contribution in [2.24, 2.45) is 17.3 Å². The Hall–Kier alpha value is -3.43. The number of rotatable bonds is 7. The van der Waals surface area contributed by atoms with E-state index < -0.39 is 53.7 Å². The average molecular weight is 608 g/mol. The second kappa shape index (κ2) is 11.0. The van der Waals surface area contributed by atoms with Crippen molar-refractivity contribution >= 4 is 40.1 Å². The van der Waals surface area contributed by atoms with Crippen LogP contribution in [0.4, 0.5) is 13.2 Å². The number of halogens is 4. The fourth-order valence-electron chi connectivity index (χ4n) is 6.06. The lowest BCUT2D eigenvalue weighted by molar-refractivity contribution is -0.177. The summed E-state index contributed by atoms with van der Waals surface area (Å²) < 4.78 is 45.4. The van der Waals surface area contributed by atoms with Crippen molar-refractivity contribution in [1.82, 2.24) is 20.5 Å². The second-order valence-electron chi connectivity index (χ2n) is 12.4. The lowest BCUT2D eigenvalue weighted by atomic mass is 9.97. The first kappa shape index (κ1) is 31.5. The van der Waals surface area contributed by atoms with E-state index in [1.807, 2.05) is 13.8 Å². The van der Waals surface area contributed by atoms with Crippen LogP contribution >= 0.6 is 11.6 Å². The van der Waals surface area contributed by atoms with Crippen LogP contribution in [-0.2, 0) is 19.1 Å². The first-order valence-corrected chi connectivity index (χ1v) is 13.8. The van der Waals surface area contributed by atoms with E-state index in [2.05, 4.69) is 16.4 Å². The highest BCUT2D eigenvalue weighted by Crippen LogP contribution is 2.65. The smallest absolute Gasteiger partial charge is 0.370 e. The summed E-state index contributed by atoms with van der Waals surface area (Å²) in [5.41, 5.74) is -0.816. The number of hydrogen-bond donors (Lipinski definition) is 2. The van der Waals surface area contributed by atoms with E-state index >= 15 is 0 Å². The number of aromatic nitrogens is 1. The van der Waals surface area contributed by atoms with E-state index in [1.54, 1.807) is 50.5 Å². The van der Waals surface area contributed by atoms with Crippen molar-refractivity contribution in [2.75, 3.05) is 6.54 Å². The standard InChI is InChI=1S/C29H33ClF3N5O4/c1-14(42-27(2,3)4)22(37-26(41)29(31,32)33)25(40)38-13-17-21(28(17,5)6)23(38)24(39)36-19(10-34)16-12-35-11-15-8-7-9-18(30)20(15)16/h7-9,11-12,14,17,19,21-23H,13H2,1-6H3,(H,36,39)(H,37,41)/t14-,17+,19?,21+,22+,23+/m1/s1. The highest BCUT2D eigenvalue weighted by molar-refractivity contribution is 6.35. The zero-order valence-electron chi connectivity index (χ0n) is 24.0. The van der Waals surface area contributed by atoms with E-state index in [4.69, 9.17) is 16.3 Å². The molecule has 2 aromatic rings. The third kappa shape index (κ3) is 6.03. The van der Waals surface area contributed by atoms with Crippen molar-refractivity contribution in [3.63, 3.8) is 0 Å². The normalized spacial score (nSPS) is 23.4. The molecule has 13 heteroatoms. The Balaban J connectivity index is 1.66. The summed E-state index contributed by atoms with van der Waals surface area (Å²) in [6.07, 6.45) is -3.39. The number of nitriles is 1. The number of likely N-dealkylation sites (tertiary alicyclic amines) is 1. The average Bonchev–Trinajstić information content (AvgIpc) is 3.21. The third-order valence-corrected chi connectivity index (χ3v) is 8.38. The van der Waals surface area contributed by atoms with Gasteiger partial charge in [-0.2, -0.15) is 18.4 Å². The minimum Gasteiger partial charge on any atom is -0.370 e.